The molecule has 0 unspecified atom stereocenters. The van der Waals surface area contributed by atoms with Crippen LogP contribution in [0.5, 0.6) is 17.2 Å². The highest BCUT2D eigenvalue weighted by molar-refractivity contribution is 5.97. The van der Waals surface area contributed by atoms with Crippen molar-refractivity contribution in [1.82, 2.24) is 14.7 Å². The summed E-state index contributed by atoms with van der Waals surface area (Å²) < 4.78 is 87.9. The molecule has 5 rings (SSSR count). The number of ether oxygens (including phenoxy) is 2. The summed E-state index contributed by atoms with van der Waals surface area (Å²) in [5, 5.41) is 5.75. The molecule has 2 N–H and O–H groups in total. The van der Waals surface area contributed by atoms with Gasteiger partial charge < -0.3 is 20.1 Å². The zero-order chi connectivity index (χ0) is 30.3. The van der Waals surface area contributed by atoms with Crippen molar-refractivity contribution in [2.24, 2.45) is 0 Å². The number of pyridine rings is 1. The number of aromatic nitrogens is 2. The third-order valence-electron chi connectivity index (χ3n) is 6.76. The molecule has 1 saturated carbocycles. The van der Waals surface area contributed by atoms with Gasteiger partial charge in [-0.05, 0) is 56.5 Å². The highest BCUT2D eigenvalue weighted by Gasteiger charge is 2.39. The van der Waals surface area contributed by atoms with Gasteiger partial charge in [0.25, 0.3) is 5.91 Å². The number of carbonyl (C=O) groups excluding carboxylic acids is 1. The van der Waals surface area contributed by atoms with Gasteiger partial charge in [-0.1, -0.05) is 12.1 Å². The van der Waals surface area contributed by atoms with Gasteiger partial charge in [0.05, 0.1) is 30.2 Å². The van der Waals surface area contributed by atoms with Crippen molar-refractivity contribution in [3.8, 4) is 28.5 Å². The zero-order valence-corrected chi connectivity index (χ0v) is 22.5. The number of hydrogen-bond acceptors (Lipinski definition) is 5. The summed E-state index contributed by atoms with van der Waals surface area (Å²) in [5.74, 6) is -0.552. The number of benzene rings is 2. The number of rotatable bonds is 9. The average molecular weight is 593 g/mol. The van der Waals surface area contributed by atoms with Gasteiger partial charge >= 0.3 is 12.5 Å². The Hall–Kier alpha value is -4.42. The van der Waals surface area contributed by atoms with Crippen LogP contribution >= 0.6 is 0 Å². The van der Waals surface area contributed by atoms with Crippen LogP contribution in [0.3, 0.4) is 0 Å². The third kappa shape index (κ3) is 7.07. The summed E-state index contributed by atoms with van der Waals surface area (Å²) in [6, 6.07) is 11.5. The molecule has 0 spiro atoms. The quantitative estimate of drug-likeness (QED) is 0.195. The number of fused-ring (bicyclic) bond motifs is 1. The van der Waals surface area contributed by atoms with Gasteiger partial charge in [-0.2, -0.15) is 13.2 Å². The zero-order valence-electron chi connectivity index (χ0n) is 22.5. The molecule has 2 aromatic carbocycles. The fourth-order valence-electron chi connectivity index (χ4n) is 4.40. The molecular formula is C29H26F6N4O3. The van der Waals surface area contributed by atoms with Crippen LogP contribution < -0.4 is 20.1 Å². The van der Waals surface area contributed by atoms with Gasteiger partial charge in [0, 0.05) is 35.3 Å². The number of imidazole rings is 1. The molecule has 2 aromatic heterocycles. The first-order valence-electron chi connectivity index (χ1n) is 13.0. The van der Waals surface area contributed by atoms with Crippen molar-refractivity contribution in [2.45, 2.75) is 51.2 Å². The molecule has 4 aromatic rings. The number of anilines is 1. The smallest absolute Gasteiger partial charge is 0.456 e. The molecule has 0 bridgehead atoms. The lowest BCUT2D eigenvalue weighted by atomic mass is 10.0. The molecule has 2 heterocycles. The first-order chi connectivity index (χ1) is 19.7. The van der Waals surface area contributed by atoms with E-state index in [2.05, 4.69) is 20.4 Å². The van der Waals surface area contributed by atoms with Gasteiger partial charge in [0.1, 0.15) is 17.2 Å². The van der Waals surface area contributed by atoms with Gasteiger partial charge in [-0.25, -0.2) is 4.98 Å². The summed E-state index contributed by atoms with van der Waals surface area (Å²) in [6.45, 7) is 3.33. The van der Waals surface area contributed by atoms with Crippen molar-refractivity contribution >= 4 is 17.2 Å². The lowest BCUT2D eigenvalue weighted by Crippen LogP contribution is -2.34. The Morgan fingerprint density at radius 1 is 1.02 bits per heavy atom. The number of nitrogens with one attached hydrogen (secondary N) is 2. The molecular weight excluding hydrogens is 566 g/mol. The third-order valence-corrected chi connectivity index (χ3v) is 6.76. The van der Waals surface area contributed by atoms with E-state index in [1.165, 1.54) is 30.6 Å². The first-order valence-corrected chi connectivity index (χ1v) is 13.0. The van der Waals surface area contributed by atoms with Crippen LogP contribution in [0.1, 0.15) is 42.1 Å². The van der Waals surface area contributed by atoms with E-state index >= 15 is 0 Å². The monoisotopic (exact) mass is 592 g/mol. The number of alkyl halides is 6. The lowest BCUT2D eigenvalue weighted by Gasteiger charge is -2.15. The summed E-state index contributed by atoms with van der Waals surface area (Å²) in [5.41, 5.74) is 2.78. The summed E-state index contributed by atoms with van der Waals surface area (Å²) >= 11 is 0. The van der Waals surface area contributed by atoms with E-state index in [0.717, 1.165) is 25.0 Å². The van der Waals surface area contributed by atoms with E-state index in [9.17, 15) is 31.1 Å². The highest BCUT2D eigenvalue weighted by atomic mass is 19.4. The highest BCUT2D eigenvalue weighted by Crippen LogP contribution is 2.36. The molecule has 1 aliphatic carbocycles. The van der Waals surface area contributed by atoms with Crippen LogP contribution in [0.15, 0.2) is 60.9 Å². The van der Waals surface area contributed by atoms with Crippen LogP contribution in [-0.4, -0.2) is 39.9 Å². The average Bonchev–Trinajstić information content (AvgIpc) is 3.43. The van der Waals surface area contributed by atoms with Crippen LogP contribution in [0, 0.1) is 6.92 Å². The Balaban J connectivity index is 1.49. The summed E-state index contributed by atoms with van der Waals surface area (Å²) in [4.78, 5) is 17.2. The maximum Gasteiger partial charge on any atom is 0.573 e. The van der Waals surface area contributed by atoms with Crippen molar-refractivity contribution < 1.29 is 40.6 Å². The summed E-state index contributed by atoms with van der Waals surface area (Å²) in [6.07, 6.45) is -5.50. The van der Waals surface area contributed by atoms with E-state index in [-0.39, 0.29) is 28.6 Å². The number of halogens is 6. The lowest BCUT2D eigenvalue weighted by molar-refractivity contribution is -0.274. The van der Waals surface area contributed by atoms with Gasteiger partial charge in [0.2, 0.25) is 0 Å². The molecule has 0 saturated heterocycles. The van der Waals surface area contributed by atoms with Crippen molar-refractivity contribution in [3.63, 3.8) is 0 Å². The number of amides is 1. The topological polar surface area (TPSA) is 76.9 Å². The largest absolute Gasteiger partial charge is 0.573 e. The van der Waals surface area contributed by atoms with Crippen molar-refractivity contribution in [2.75, 3.05) is 11.9 Å². The van der Waals surface area contributed by atoms with Crippen LogP contribution in [0.4, 0.5) is 32.0 Å². The SMILES string of the molecule is Cc1cc(-c2cnc3c(NCCC(F)(F)F)cc(Oc4cccc(OC(F)(F)F)c4)cn23)ccc1C(=O)NC1(C)CC1. The minimum atomic E-state index is -4.90. The normalized spacial score (nSPS) is 14.5. The predicted octanol–water partition coefficient (Wildman–Crippen LogP) is 7.65. The first kappa shape index (κ1) is 29.1. The van der Waals surface area contributed by atoms with Gasteiger partial charge in [-0.3, -0.25) is 9.20 Å². The van der Waals surface area contributed by atoms with Crippen LogP contribution in [0.25, 0.3) is 16.9 Å². The van der Waals surface area contributed by atoms with E-state index in [4.69, 9.17) is 4.74 Å². The molecule has 42 heavy (non-hydrogen) atoms. The number of nitrogens with zero attached hydrogens (tertiary/aromatic N) is 2. The minimum absolute atomic E-state index is 0.00887. The minimum Gasteiger partial charge on any atom is -0.456 e. The standard InChI is InChI=1S/C29H26F6N4O3/c1-17-12-18(6-7-22(17)26(40)38-27(2)8-9-27)24-15-37-25-23(36-11-10-28(30,31)32)14-21(16-39(24)25)41-19-4-3-5-20(13-19)42-29(33,34)35/h3-7,12-16,36H,8-11H2,1-2H3,(H,38,40). The fraction of sp³-hybridized carbons (Fsp3) is 0.310. The number of hydrogen-bond donors (Lipinski definition) is 2. The second-order valence-electron chi connectivity index (χ2n) is 10.4. The predicted molar refractivity (Wildman–Crippen MR) is 143 cm³/mol. The molecule has 7 nitrogen and oxygen atoms in total. The summed E-state index contributed by atoms with van der Waals surface area (Å²) in [7, 11) is 0. The second-order valence-corrected chi connectivity index (χ2v) is 10.4. The maximum absolute atomic E-state index is 12.8. The molecule has 13 heteroatoms. The Bertz CT molecular complexity index is 1630. The Labute approximate surface area is 236 Å². The Kier molecular flexibility index (Phi) is 7.46. The molecule has 1 aliphatic rings. The van der Waals surface area contributed by atoms with E-state index in [1.807, 2.05) is 6.92 Å². The Morgan fingerprint density at radius 3 is 2.43 bits per heavy atom. The van der Waals surface area contributed by atoms with Crippen LogP contribution in [0.2, 0.25) is 0 Å². The molecule has 0 radical (unpaired) electrons. The van der Waals surface area contributed by atoms with Gasteiger partial charge in [-0.15, -0.1) is 13.2 Å². The van der Waals surface area contributed by atoms with Gasteiger partial charge in [0.15, 0.2) is 5.65 Å². The number of carbonyl (C=O) groups is 1. The molecule has 0 atom stereocenters. The van der Waals surface area contributed by atoms with E-state index < -0.39 is 31.3 Å². The maximum atomic E-state index is 12.8. The van der Waals surface area contributed by atoms with E-state index in [0.29, 0.717) is 28.0 Å². The van der Waals surface area contributed by atoms with Crippen molar-refractivity contribution in [3.05, 3.63) is 72.1 Å². The molecule has 222 valence electrons. The molecule has 1 fully saturated rings. The van der Waals surface area contributed by atoms with Crippen molar-refractivity contribution in [1.29, 1.82) is 0 Å². The van der Waals surface area contributed by atoms with E-state index in [1.54, 1.807) is 29.5 Å². The molecule has 0 aliphatic heterocycles. The number of aryl methyl sites for hydroxylation is 1. The second kappa shape index (κ2) is 10.8. The van der Waals surface area contributed by atoms with Crippen LogP contribution in [-0.2, 0) is 0 Å². The Morgan fingerprint density at radius 2 is 1.76 bits per heavy atom. The molecule has 1 amide bonds. The fourth-order valence-corrected chi connectivity index (χ4v) is 4.40.